The van der Waals surface area contributed by atoms with Crippen LogP contribution < -0.4 is 15.6 Å². The molecule has 0 aliphatic carbocycles. The first-order valence-electron chi connectivity index (χ1n) is 8.69. The fourth-order valence-electron chi connectivity index (χ4n) is 2.54. The van der Waals surface area contributed by atoms with E-state index in [1.54, 1.807) is 36.4 Å². The lowest BCUT2D eigenvalue weighted by Crippen LogP contribution is -2.23. The summed E-state index contributed by atoms with van der Waals surface area (Å²) in [6, 6.07) is 16.8. The maximum atomic E-state index is 12.2. The van der Waals surface area contributed by atoms with E-state index in [0.717, 1.165) is 4.68 Å². The Balaban J connectivity index is 1.40. The van der Waals surface area contributed by atoms with Gasteiger partial charge in [-0.3, -0.25) is 9.59 Å². The molecule has 0 spiro atoms. The minimum absolute atomic E-state index is 0.144. The summed E-state index contributed by atoms with van der Waals surface area (Å²) >= 11 is 0. The van der Waals surface area contributed by atoms with E-state index >= 15 is 0 Å². The average molecular weight is 388 g/mol. The van der Waals surface area contributed by atoms with Gasteiger partial charge >= 0.3 is 0 Å². The molecule has 1 aromatic carbocycles. The van der Waals surface area contributed by atoms with Crippen LogP contribution in [0.25, 0.3) is 5.82 Å². The van der Waals surface area contributed by atoms with E-state index in [4.69, 9.17) is 4.74 Å². The van der Waals surface area contributed by atoms with Crippen LogP contribution in [0.5, 0.6) is 11.6 Å². The van der Waals surface area contributed by atoms with Gasteiger partial charge in [0.25, 0.3) is 11.5 Å². The van der Waals surface area contributed by atoms with Gasteiger partial charge in [0.2, 0.25) is 5.88 Å². The maximum absolute atomic E-state index is 12.2. The van der Waals surface area contributed by atoms with Crippen LogP contribution in [0.2, 0.25) is 0 Å². The summed E-state index contributed by atoms with van der Waals surface area (Å²) in [6.45, 7) is 0. The van der Waals surface area contributed by atoms with Crippen molar-refractivity contribution in [3.63, 3.8) is 0 Å². The second-order valence-corrected chi connectivity index (χ2v) is 6.08. The lowest BCUT2D eigenvalue weighted by Gasteiger charge is -2.08. The third-order valence-electron chi connectivity index (χ3n) is 4.02. The SMILES string of the molecule is Cn1nc(C(=O)Nc2ccc(Oc3ccc(-n4cccc4)nn3)cc2)ccc1=O. The highest BCUT2D eigenvalue weighted by molar-refractivity contribution is 6.02. The Labute approximate surface area is 165 Å². The Morgan fingerprint density at radius 1 is 0.966 bits per heavy atom. The van der Waals surface area contributed by atoms with Gasteiger partial charge in [0, 0.05) is 37.3 Å². The monoisotopic (exact) mass is 388 g/mol. The molecule has 3 aromatic heterocycles. The number of aryl methyl sites for hydroxylation is 1. The number of anilines is 1. The molecule has 0 aliphatic rings. The number of nitrogens with one attached hydrogen (secondary N) is 1. The van der Waals surface area contributed by atoms with Crippen LogP contribution in [-0.2, 0) is 7.05 Å². The van der Waals surface area contributed by atoms with E-state index in [1.807, 2.05) is 29.1 Å². The van der Waals surface area contributed by atoms with E-state index in [-0.39, 0.29) is 11.3 Å². The van der Waals surface area contributed by atoms with Crippen molar-refractivity contribution in [1.29, 1.82) is 0 Å². The molecule has 9 heteroatoms. The van der Waals surface area contributed by atoms with Gasteiger partial charge in [-0.05, 0) is 48.5 Å². The summed E-state index contributed by atoms with van der Waals surface area (Å²) in [7, 11) is 1.49. The highest BCUT2D eigenvalue weighted by Crippen LogP contribution is 2.21. The molecule has 1 N–H and O–H groups in total. The normalized spacial score (nSPS) is 10.5. The molecule has 0 bridgehead atoms. The van der Waals surface area contributed by atoms with Gasteiger partial charge in [0.05, 0.1) is 0 Å². The smallest absolute Gasteiger partial charge is 0.276 e. The van der Waals surface area contributed by atoms with Crippen LogP contribution in [0.15, 0.2) is 77.9 Å². The first-order chi connectivity index (χ1) is 14.1. The van der Waals surface area contributed by atoms with Gasteiger partial charge < -0.3 is 14.6 Å². The second-order valence-electron chi connectivity index (χ2n) is 6.08. The molecule has 0 saturated carbocycles. The van der Waals surface area contributed by atoms with E-state index in [2.05, 4.69) is 20.6 Å². The summed E-state index contributed by atoms with van der Waals surface area (Å²) in [5.41, 5.74) is 0.421. The molecule has 0 atom stereocenters. The summed E-state index contributed by atoms with van der Waals surface area (Å²) in [5, 5.41) is 14.8. The number of carbonyl (C=O) groups excluding carboxylic acids is 1. The topological polar surface area (TPSA) is 104 Å². The highest BCUT2D eigenvalue weighted by Gasteiger charge is 2.09. The number of ether oxygens (including phenoxy) is 1. The number of amides is 1. The summed E-state index contributed by atoms with van der Waals surface area (Å²) in [6.07, 6.45) is 3.75. The standard InChI is InChI=1S/C20H16N6O3/c1-25-19(27)11-8-16(24-25)20(28)21-14-4-6-15(7-5-14)29-18-10-9-17(22-23-18)26-12-2-3-13-26/h2-13H,1H3,(H,21,28). The average Bonchev–Trinajstić information content (AvgIpc) is 3.27. The molecule has 0 radical (unpaired) electrons. The molecule has 4 aromatic rings. The van der Waals surface area contributed by atoms with Crippen molar-refractivity contribution in [3.8, 4) is 17.4 Å². The van der Waals surface area contributed by atoms with Crippen molar-refractivity contribution in [3.05, 3.63) is 89.1 Å². The van der Waals surface area contributed by atoms with Crippen molar-refractivity contribution < 1.29 is 9.53 Å². The molecule has 4 rings (SSSR count). The fraction of sp³-hybridized carbons (Fsp3) is 0.0500. The largest absolute Gasteiger partial charge is 0.438 e. The molecule has 9 nitrogen and oxygen atoms in total. The predicted molar refractivity (Wildman–Crippen MR) is 105 cm³/mol. The Morgan fingerprint density at radius 2 is 1.72 bits per heavy atom. The van der Waals surface area contributed by atoms with Crippen molar-refractivity contribution >= 4 is 11.6 Å². The van der Waals surface area contributed by atoms with Crippen LogP contribution in [0.4, 0.5) is 5.69 Å². The van der Waals surface area contributed by atoms with Gasteiger partial charge in [-0.15, -0.1) is 10.2 Å². The third kappa shape index (κ3) is 4.19. The lowest BCUT2D eigenvalue weighted by atomic mass is 10.3. The quantitative estimate of drug-likeness (QED) is 0.563. The van der Waals surface area contributed by atoms with Crippen molar-refractivity contribution in [2.45, 2.75) is 0 Å². The van der Waals surface area contributed by atoms with Crippen molar-refractivity contribution in [2.75, 3.05) is 5.32 Å². The molecule has 29 heavy (non-hydrogen) atoms. The number of nitrogens with zero attached hydrogens (tertiary/aromatic N) is 5. The van der Waals surface area contributed by atoms with E-state index in [1.165, 1.54) is 19.2 Å². The highest BCUT2D eigenvalue weighted by atomic mass is 16.5. The van der Waals surface area contributed by atoms with Gasteiger partial charge in [-0.2, -0.15) is 5.10 Å². The van der Waals surface area contributed by atoms with E-state index < -0.39 is 5.91 Å². The van der Waals surface area contributed by atoms with Crippen LogP contribution in [-0.4, -0.2) is 30.5 Å². The molecular formula is C20H16N6O3. The zero-order valence-electron chi connectivity index (χ0n) is 15.4. The fourth-order valence-corrected chi connectivity index (χ4v) is 2.54. The molecular weight excluding hydrogens is 372 g/mol. The van der Waals surface area contributed by atoms with Crippen LogP contribution in [0.3, 0.4) is 0 Å². The molecule has 0 unspecified atom stereocenters. The van der Waals surface area contributed by atoms with E-state index in [9.17, 15) is 9.59 Å². The van der Waals surface area contributed by atoms with Crippen LogP contribution in [0.1, 0.15) is 10.5 Å². The number of hydrogen-bond donors (Lipinski definition) is 1. The zero-order valence-corrected chi connectivity index (χ0v) is 15.4. The third-order valence-corrected chi connectivity index (χ3v) is 4.02. The van der Waals surface area contributed by atoms with Gasteiger partial charge in [0.15, 0.2) is 5.82 Å². The van der Waals surface area contributed by atoms with Crippen molar-refractivity contribution in [2.24, 2.45) is 7.05 Å². The van der Waals surface area contributed by atoms with Crippen LogP contribution >= 0.6 is 0 Å². The van der Waals surface area contributed by atoms with E-state index in [0.29, 0.717) is 23.1 Å². The minimum Gasteiger partial charge on any atom is -0.438 e. The molecule has 3 heterocycles. The lowest BCUT2D eigenvalue weighted by molar-refractivity contribution is 0.102. The van der Waals surface area contributed by atoms with Gasteiger partial charge in [-0.1, -0.05) is 0 Å². The number of carbonyl (C=O) groups is 1. The summed E-state index contributed by atoms with van der Waals surface area (Å²) < 4.78 is 8.62. The number of benzene rings is 1. The summed E-state index contributed by atoms with van der Waals surface area (Å²) in [4.78, 5) is 23.6. The van der Waals surface area contributed by atoms with Crippen molar-refractivity contribution in [1.82, 2.24) is 24.5 Å². The van der Waals surface area contributed by atoms with Gasteiger partial charge in [0.1, 0.15) is 11.4 Å². The Morgan fingerprint density at radius 3 is 2.38 bits per heavy atom. The Kier molecular flexibility index (Phi) is 4.85. The minimum atomic E-state index is -0.416. The second kappa shape index (κ2) is 7.77. The Hall–Kier alpha value is -4.27. The predicted octanol–water partition coefficient (Wildman–Crippen LogP) is 2.41. The molecule has 1 amide bonds. The first kappa shape index (κ1) is 18.1. The molecule has 0 fully saturated rings. The molecule has 0 aliphatic heterocycles. The van der Waals surface area contributed by atoms with Gasteiger partial charge in [-0.25, -0.2) is 4.68 Å². The number of rotatable bonds is 5. The first-order valence-corrected chi connectivity index (χ1v) is 8.69. The van der Waals surface area contributed by atoms with Crippen LogP contribution in [0, 0.1) is 0 Å². The zero-order chi connectivity index (χ0) is 20.2. The maximum Gasteiger partial charge on any atom is 0.276 e. The number of aromatic nitrogens is 5. The molecule has 0 saturated heterocycles. The summed E-state index contributed by atoms with van der Waals surface area (Å²) in [5.74, 6) is 1.17. The number of hydrogen-bond acceptors (Lipinski definition) is 6. The molecule has 144 valence electrons. The Bertz CT molecular complexity index is 1180.